The van der Waals surface area contributed by atoms with Crippen molar-refractivity contribution < 1.29 is 14.3 Å². The molecule has 0 bridgehead atoms. The molecule has 20 heavy (non-hydrogen) atoms. The van der Waals surface area contributed by atoms with Crippen LogP contribution in [0, 0.1) is 0 Å². The molecule has 1 fully saturated rings. The predicted octanol–water partition coefficient (Wildman–Crippen LogP) is 1.10. The van der Waals surface area contributed by atoms with Crippen molar-refractivity contribution in [3.63, 3.8) is 0 Å². The number of hydrogen-bond acceptors (Lipinski definition) is 4. The summed E-state index contributed by atoms with van der Waals surface area (Å²) in [5.41, 5.74) is 6.74. The van der Waals surface area contributed by atoms with E-state index in [-0.39, 0.29) is 16.9 Å². The standard InChI is InChI=1S/C14H16N2O3S/c1-19-14(18)11-3-2-8-16(11)13(17)10-6-4-9(5-7-10)12(15)20/h4-7,11H,2-3,8H2,1H3,(H2,15,20). The maximum absolute atomic E-state index is 12.4. The van der Waals surface area contributed by atoms with Gasteiger partial charge in [-0.1, -0.05) is 24.4 Å². The highest BCUT2D eigenvalue weighted by atomic mass is 32.1. The lowest BCUT2D eigenvalue weighted by Crippen LogP contribution is -2.41. The molecule has 2 rings (SSSR count). The van der Waals surface area contributed by atoms with E-state index < -0.39 is 6.04 Å². The first-order valence-electron chi connectivity index (χ1n) is 6.33. The van der Waals surface area contributed by atoms with Gasteiger partial charge in [-0.2, -0.15) is 0 Å². The molecule has 0 saturated carbocycles. The van der Waals surface area contributed by atoms with Gasteiger partial charge in [-0.15, -0.1) is 0 Å². The van der Waals surface area contributed by atoms with E-state index in [1.807, 2.05) is 0 Å². The van der Waals surface area contributed by atoms with Crippen molar-refractivity contribution in [2.75, 3.05) is 13.7 Å². The van der Waals surface area contributed by atoms with Gasteiger partial charge < -0.3 is 15.4 Å². The number of methoxy groups -OCH3 is 1. The van der Waals surface area contributed by atoms with Crippen molar-refractivity contribution in [1.29, 1.82) is 0 Å². The summed E-state index contributed by atoms with van der Waals surface area (Å²) in [4.78, 5) is 25.9. The van der Waals surface area contributed by atoms with E-state index in [4.69, 9.17) is 22.7 Å². The fourth-order valence-corrected chi connectivity index (χ4v) is 2.47. The zero-order valence-electron chi connectivity index (χ0n) is 11.2. The highest BCUT2D eigenvalue weighted by molar-refractivity contribution is 7.80. The Bertz CT molecular complexity index is 542. The predicted molar refractivity (Wildman–Crippen MR) is 78.4 cm³/mol. The quantitative estimate of drug-likeness (QED) is 0.667. The molecule has 0 aromatic heterocycles. The lowest BCUT2D eigenvalue weighted by atomic mass is 10.1. The third kappa shape index (κ3) is 2.80. The Labute approximate surface area is 122 Å². The summed E-state index contributed by atoms with van der Waals surface area (Å²) in [6.45, 7) is 0.565. The lowest BCUT2D eigenvalue weighted by molar-refractivity contribution is -0.145. The van der Waals surface area contributed by atoms with Gasteiger partial charge in [0.05, 0.1) is 7.11 Å². The van der Waals surface area contributed by atoms with E-state index in [1.54, 1.807) is 29.2 Å². The second kappa shape index (κ2) is 6.00. The van der Waals surface area contributed by atoms with Crippen LogP contribution in [-0.2, 0) is 9.53 Å². The van der Waals surface area contributed by atoms with Crippen LogP contribution in [0.5, 0.6) is 0 Å². The third-order valence-corrected chi connectivity index (χ3v) is 3.64. The maximum Gasteiger partial charge on any atom is 0.328 e. The van der Waals surface area contributed by atoms with Crippen LogP contribution in [0.4, 0.5) is 0 Å². The summed E-state index contributed by atoms with van der Waals surface area (Å²) in [5, 5.41) is 0. The van der Waals surface area contributed by atoms with Crippen LogP contribution in [0.25, 0.3) is 0 Å². The number of ether oxygens (including phenoxy) is 1. The summed E-state index contributed by atoms with van der Waals surface area (Å²) < 4.78 is 4.73. The summed E-state index contributed by atoms with van der Waals surface area (Å²) in [7, 11) is 1.33. The average Bonchev–Trinajstić information content (AvgIpc) is 2.95. The van der Waals surface area contributed by atoms with Crippen LogP contribution in [0.2, 0.25) is 0 Å². The van der Waals surface area contributed by atoms with Gasteiger partial charge in [0.1, 0.15) is 11.0 Å². The molecule has 1 heterocycles. The minimum absolute atomic E-state index is 0.174. The fraction of sp³-hybridized carbons (Fsp3) is 0.357. The molecule has 1 aliphatic heterocycles. The van der Waals surface area contributed by atoms with Crippen LogP contribution in [0.3, 0.4) is 0 Å². The molecule has 1 aliphatic rings. The van der Waals surface area contributed by atoms with Crippen molar-refractivity contribution in [2.24, 2.45) is 5.73 Å². The van der Waals surface area contributed by atoms with Crippen molar-refractivity contribution >= 4 is 29.1 Å². The molecule has 1 atom stereocenters. The Morgan fingerprint density at radius 2 is 1.90 bits per heavy atom. The number of esters is 1. The zero-order chi connectivity index (χ0) is 14.7. The van der Waals surface area contributed by atoms with Gasteiger partial charge >= 0.3 is 5.97 Å². The van der Waals surface area contributed by atoms with E-state index in [0.717, 1.165) is 6.42 Å². The van der Waals surface area contributed by atoms with E-state index in [0.29, 0.717) is 24.1 Å². The van der Waals surface area contributed by atoms with Crippen LogP contribution < -0.4 is 5.73 Å². The van der Waals surface area contributed by atoms with Crippen molar-refractivity contribution in [1.82, 2.24) is 4.90 Å². The molecule has 1 amide bonds. The number of carbonyl (C=O) groups is 2. The monoisotopic (exact) mass is 292 g/mol. The fourth-order valence-electron chi connectivity index (χ4n) is 2.33. The van der Waals surface area contributed by atoms with Crippen LogP contribution in [0.1, 0.15) is 28.8 Å². The first-order chi connectivity index (χ1) is 9.54. The number of rotatable bonds is 3. The SMILES string of the molecule is COC(=O)C1CCCN1C(=O)c1ccc(C(N)=S)cc1. The Kier molecular flexibility index (Phi) is 4.34. The zero-order valence-corrected chi connectivity index (χ0v) is 12.0. The Morgan fingerprint density at radius 3 is 2.45 bits per heavy atom. The Morgan fingerprint density at radius 1 is 1.30 bits per heavy atom. The highest BCUT2D eigenvalue weighted by Gasteiger charge is 2.35. The molecule has 5 nitrogen and oxygen atoms in total. The van der Waals surface area contributed by atoms with Crippen LogP contribution in [0.15, 0.2) is 24.3 Å². The summed E-state index contributed by atoms with van der Waals surface area (Å²) in [5.74, 6) is -0.539. The third-order valence-electron chi connectivity index (χ3n) is 3.40. The number of nitrogens with zero attached hydrogens (tertiary/aromatic N) is 1. The molecule has 1 saturated heterocycles. The number of amides is 1. The van der Waals surface area contributed by atoms with Gasteiger partial charge in [0.2, 0.25) is 0 Å². The van der Waals surface area contributed by atoms with E-state index in [2.05, 4.69) is 0 Å². The van der Waals surface area contributed by atoms with Gasteiger partial charge in [0.15, 0.2) is 0 Å². The molecule has 0 radical (unpaired) electrons. The summed E-state index contributed by atoms with van der Waals surface area (Å²) in [6, 6.07) is 6.27. The number of nitrogens with two attached hydrogens (primary N) is 1. The molecule has 106 valence electrons. The molecule has 2 N–H and O–H groups in total. The number of benzene rings is 1. The molecule has 1 aromatic carbocycles. The van der Waals surface area contributed by atoms with Gasteiger partial charge in [-0.3, -0.25) is 4.79 Å². The van der Waals surface area contributed by atoms with E-state index >= 15 is 0 Å². The largest absolute Gasteiger partial charge is 0.467 e. The Balaban J connectivity index is 2.18. The maximum atomic E-state index is 12.4. The van der Waals surface area contributed by atoms with Crippen LogP contribution >= 0.6 is 12.2 Å². The van der Waals surface area contributed by atoms with E-state index in [1.165, 1.54) is 7.11 Å². The van der Waals surface area contributed by atoms with E-state index in [9.17, 15) is 9.59 Å². The number of thiocarbonyl (C=S) groups is 1. The van der Waals surface area contributed by atoms with Crippen molar-refractivity contribution in [3.8, 4) is 0 Å². The number of likely N-dealkylation sites (tertiary alicyclic amines) is 1. The van der Waals surface area contributed by atoms with Crippen molar-refractivity contribution in [3.05, 3.63) is 35.4 Å². The molecule has 1 aromatic rings. The summed E-state index contributed by atoms with van der Waals surface area (Å²) in [6.07, 6.45) is 1.44. The first-order valence-corrected chi connectivity index (χ1v) is 6.74. The van der Waals surface area contributed by atoms with Gasteiger partial charge in [0, 0.05) is 17.7 Å². The number of carbonyl (C=O) groups excluding carboxylic acids is 2. The average molecular weight is 292 g/mol. The highest BCUT2D eigenvalue weighted by Crippen LogP contribution is 2.21. The summed E-state index contributed by atoms with van der Waals surface area (Å²) >= 11 is 4.87. The Hall–Kier alpha value is -1.95. The molecule has 0 spiro atoms. The second-order valence-electron chi connectivity index (χ2n) is 4.62. The van der Waals surface area contributed by atoms with Crippen LogP contribution in [-0.4, -0.2) is 41.5 Å². The first kappa shape index (κ1) is 14.5. The topological polar surface area (TPSA) is 72.6 Å². The molecule has 0 aliphatic carbocycles. The molecular weight excluding hydrogens is 276 g/mol. The van der Waals surface area contributed by atoms with Crippen molar-refractivity contribution in [2.45, 2.75) is 18.9 Å². The molecule has 6 heteroatoms. The minimum Gasteiger partial charge on any atom is -0.467 e. The second-order valence-corrected chi connectivity index (χ2v) is 5.06. The lowest BCUT2D eigenvalue weighted by Gasteiger charge is -2.22. The molecular formula is C14H16N2O3S. The molecule has 1 unspecified atom stereocenters. The van der Waals surface area contributed by atoms with Gasteiger partial charge in [0.25, 0.3) is 5.91 Å². The van der Waals surface area contributed by atoms with Gasteiger partial charge in [-0.25, -0.2) is 4.79 Å². The normalized spacial score (nSPS) is 17.9. The van der Waals surface area contributed by atoms with Gasteiger partial charge in [-0.05, 0) is 25.0 Å². The number of hydrogen-bond donors (Lipinski definition) is 1. The smallest absolute Gasteiger partial charge is 0.328 e. The minimum atomic E-state index is -0.484.